The fraction of sp³-hybridized carbons (Fsp3) is 0.304. The van der Waals surface area contributed by atoms with Crippen molar-refractivity contribution in [1.29, 1.82) is 0 Å². The van der Waals surface area contributed by atoms with E-state index < -0.39 is 0 Å². The Morgan fingerprint density at radius 3 is 1.66 bits per heavy atom. The summed E-state index contributed by atoms with van der Waals surface area (Å²) in [5.41, 5.74) is 7.05. The lowest BCUT2D eigenvalue weighted by atomic mass is 9.87. The molecule has 2 heterocycles. The van der Waals surface area contributed by atoms with Crippen LogP contribution in [0, 0.1) is 13.8 Å². The molecule has 0 saturated heterocycles. The number of aromatic amines is 2. The van der Waals surface area contributed by atoms with Gasteiger partial charge in [-0.3, -0.25) is 9.59 Å². The molecule has 152 valence electrons. The Kier molecular flexibility index (Phi) is 6.46. The third-order valence-electron chi connectivity index (χ3n) is 5.57. The van der Waals surface area contributed by atoms with E-state index in [1.54, 1.807) is 0 Å². The Labute approximate surface area is 169 Å². The Hall–Kier alpha value is -2.96. The number of aromatic nitrogens is 2. The highest BCUT2D eigenvalue weighted by molar-refractivity contribution is 5.78. The van der Waals surface area contributed by atoms with Crippen LogP contribution in [0.3, 0.4) is 0 Å². The molecule has 29 heavy (non-hydrogen) atoms. The van der Waals surface area contributed by atoms with Crippen molar-refractivity contribution in [2.75, 3.05) is 13.2 Å². The normalized spacial score (nSPS) is 11.2. The number of H-pyrrole nitrogens is 2. The highest BCUT2D eigenvalue weighted by atomic mass is 16.3. The van der Waals surface area contributed by atoms with Crippen molar-refractivity contribution in [3.63, 3.8) is 0 Å². The molecule has 0 fully saturated rings. The second-order valence-electron chi connectivity index (χ2n) is 7.14. The summed E-state index contributed by atoms with van der Waals surface area (Å²) in [7, 11) is 0. The molecule has 0 aliphatic carbocycles. The predicted octanol–water partition coefficient (Wildman–Crippen LogP) is 2.83. The number of aldehydes is 2. The Morgan fingerprint density at radius 1 is 0.828 bits per heavy atom. The summed E-state index contributed by atoms with van der Waals surface area (Å²) in [4.78, 5) is 29.8. The van der Waals surface area contributed by atoms with E-state index in [0.29, 0.717) is 24.2 Å². The molecule has 3 rings (SSSR count). The number of benzene rings is 1. The zero-order valence-corrected chi connectivity index (χ0v) is 16.7. The minimum atomic E-state index is -0.256. The topological polar surface area (TPSA) is 106 Å². The SMILES string of the molecule is Cc1c(C(c2ccccc2)c2[nH]c(C=O)c(CCO)c2C)[nH]c(C=O)c1CCO. The zero-order valence-electron chi connectivity index (χ0n) is 16.7. The molecule has 4 N–H and O–H groups in total. The van der Waals surface area contributed by atoms with E-state index in [2.05, 4.69) is 9.97 Å². The first kappa shape index (κ1) is 20.8. The summed E-state index contributed by atoms with van der Waals surface area (Å²) in [5.74, 6) is -0.256. The van der Waals surface area contributed by atoms with Crippen LogP contribution in [0.5, 0.6) is 0 Å². The maximum absolute atomic E-state index is 11.6. The standard InChI is InChI=1S/C23H26N2O4/c1-14-17(8-10-26)19(12-28)24-22(14)21(16-6-4-3-5-7-16)23-15(2)18(9-11-27)20(13-29)25-23/h3-7,12-13,21,24-27H,8-11H2,1-2H3. The molecule has 6 heteroatoms. The molecule has 0 atom stereocenters. The summed E-state index contributed by atoms with van der Waals surface area (Å²) < 4.78 is 0. The highest BCUT2D eigenvalue weighted by Gasteiger charge is 2.28. The predicted molar refractivity (Wildman–Crippen MR) is 111 cm³/mol. The third-order valence-corrected chi connectivity index (χ3v) is 5.57. The first-order valence-electron chi connectivity index (χ1n) is 9.67. The fourth-order valence-electron chi connectivity index (χ4n) is 4.13. The van der Waals surface area contributed by atoms with Crippen molar-refractivity contribution in [3.05, 3.63) is 80.9 Å². The van der Waals surface area contributed by atoms with Crippen molar-refractivity contribution in [1.82, 2.24) is 9.97 Å². The Morgan fingerprint density at radius 2 is 1.28 bits per heavy atom. The lowest BCUT2D eigenvalue weighted by molar-refractivity contribution is 0.111. The smallest absolute Gasteiger partial charge is 0.166 e. The quantitative estimate of drug-likeness (QED) is 0.419. The second kappa shape index (κ2) is 9.03. The van der Waals surface area contributed by atoms with E-state index in [1.165, 1.54) is 0 Å². The third kappa shape index (κ3) is 3.81. The van der Waals surface area contributed by atoms with Crippen molar-refractivity contribution in [3.8, 4) is 0 Å². The minimum Gasteiger partial charge on any atom is -0.396 e. The van der Waals surface area contributed by atoms with Crippen LogP contribution in [0.2, 0.25) is 0 Å². The van der Waals surface area contributed by atoms with Crippen molar-refractivity contribution >= 4 is 12.6 Å². The van der Waals surface area contributed by atoms with Gasteiger partial charge in [-0.25, -0.2) is 0 Å². The van der Waals surface area contributed by atoms with Crippen LogP contribution in [-0.4, -0.2) is 46.0 Å². The van der Waals surface area contributed by atoms with Gasteiger partial charge in [-0.2, -0.15) is 0 Å². The van der Waals surface area contributed by atoms with Gasteiger partial charge < -0.3 is 20.2 Å². The average Bonchev–Trinajstić information content (AvgIpc) is 3.22. The number of aliphatic hydroxyl groups excluding tert-OH is 2. The van der Waals surface area contributed by atoms with E-state index in [0.717, 1.165) is 51.8 Å². The number of hydrogen-bond acceptors (Lipinski definition) is 4. The van der Waals surface area contributed by atoms with E-state index in [9.17, 15) is 19.8 Å². The average molecular weight is 394 g/mol. The number of rotatable bonds is 9. The molecule has 3 aromatic rings. The van der Waals surface area contributed by atoms with Gasteiger partial charge in [0.15, 0.2) is 12.6 Å². The fourth-order valence-corrected chi connectivity index (χ4v) is 4.13. The summed E-state index contributed by atoms with van der Waals surface area (Å²) in [5, 5.41) is 18.8. The van der Waals surface area contributed by atoms with Crippen LogP contribution in [0.15, 0.2) is 30.3 Å². The molecule has 0 amide bonds. The first-order chi connectivity index (χ1) is 14.1. The number of nitrogens with one attached hydrogen (secondary N) is 2. The maximum atomic E-state index is 11.6. The second-order valence-corrected chi connectivity index (χ2v) is 7.14. The molecule has 0 spiro atoms. The van der Waals surface area contributed by atoms with Gasteiger partial charge in [0, 0.05) is 24.6 Å². The van der Waals surface area contributed by atoms with Crippen molar-refractivity contribution in [2.24, 2.45) is 0 Å². The van der Waals surface area contributed by atoms with Crippen LogP contribution in [0.25, 0.3) is 0 Å². The molecular formula is C23H26N2O4. The molecule has 0 aliphatic rings. The Bertz CT molecular complexity index is 940. The van der Waals surface area contributed by atoms with Crippen LogP contribution in [-0.2, 0) is 12.8 Å². The largest absolute Gasteiger partial charge is 0.396 e. The van der Waals surface area contributed by atoms with E-state index >= 15 is 0 Å². The lowest BCUT2D eigenvalue weighted by Crippen LogP contribution is -2.08. The van der Waals surface area contributed by atoms with Crippen LogP contribution >= 0.6 is 0 Å². The number of carbonyl (C=O) groups is 2. The number of aliphatic hydroxyl groups is 2. The molecule has 0 aliphatic heterocycles. The lowest BCUT2D eigenvalue weighted by Gasteiger charge is -2.19. The molecule has 6 nitrogen and oxygen atoms in total. The summed E-state index contributed by atoms with van der Waals surface area (Å²) in [6.45, 7) is 3.78. The summed E-state index contributed by atoms with van der Waals surface area (Å²) in [6, 6.07) is 9.84. The van der Waals surface area contributed by atoms with Gasteiger partial charge in [-0.05, 0) is 54.5 Å². The Balaban J connectivity index is 2.27. The van der Waals surface area contributed by atoms with E-state index in [4.69, 9.17) is 0 Å². The van der Waals surface area contributed by atoms with Gasteiger partial charge in [-0.1, -0.05) is 30.3 Å². The van der Waals surface area contributed by atoms with Crippen LogP contribution < -0.4 is 0 Å². The molecule has 0 unspecified atom stereocenters. The van der Waals surface area contributed by atoms with Gasteiger partial charge in [0.1, 0.15) is 0 Å². The molecule has 0 saturated carbocycles. The monoisotopic (exact) mass is 394 g/mol. The summed E-state index contributed by atoms with van der Waals surface area (Å²) >= 11 is 0. The van der Waals surface area contributed by atoms with Crippen molar-refractivity contribution in [2.45, 2.75) is 32.6 Å². The van der Waals surface area contributed by atoms with Gasteiger partial charge in [0.05, 0.1) is 17.3 Å². The van der Waals surface area contributed by atoms with Gasteiger partial charge in [0.25, 0.3) is 0 Å². The maximum Gasteiger partial charge on any atom is 0.166 e. The first-order valence-corrected chi connectivity index (χ1v) is 9.67. The molecular weight excluding hydrogens is 368 g/mol. The van der Waals surface area contributed by atoms with Gasteiger partial charge in [-0.15, -0.1) is 0 Å². The molecule has 2 aromatic heterocycles. The molecule has 0 radical (unpaired) electrons. The number of carbonyl (C=O) groups excluding carboxylic acids is 2. The number of hydrogen-bond donors (Lipinski definition) is 4. The highest BCUT2D eigenvalue weighted by Crippen LogP contribution is 2.37. The molecule has 0 bridgehead atoms. The van der Waals surface area contributed by atoms with Gasteiger partial charge in [0.2, 0.25) is 0 Å². The van der Waals surface area contributed by atoms with Crippen LogP contribution in [0.4, 0.5) is 0 Å². The van der Waals surface area contributed by atoms with E-state index in [-0.39, 0.29) is 19.1 Å². The zero-order chi connectivity index (χ0) is 21.0. The summed E-state index contributed by atoms with van der Waals surface area (Å²) in [6.07, 6.45) is 2.33. The minimum absolute atomic E-state index is 0.0492. The van der Waals surface area contributed by atoms with Crippen LogP contribution in [0.1, 0.15) is 66.1 Å². The van der Waals surface area contributed by atoms with Gasteiger partial charge >= 0.3 is 0 Å². The molecule has 1 aromatic carbocycles. The van der Waals surface area contributed by atoms with Crippen molar-refractivity contribution < 1.29 is 19.8 Å². The van der Waals surface area contributed by atoms with E-state index in [1.807, 2.05) is 44.2 Å².